The number of aryl methyl sites for hydroxylation is 1. The van der Waals surface area contributed by atoms with Crippen LogP contribution >= 0.6 is 15.9 Å². The lowest BCUT2D eigenvalue weighted by Gasteiger charge is -2.23. The number of nitrogens with two attached hydrogens (primary N) is 1. The molecule has 3 N–H and O–H groups in total. The molecule has 2 aromatic carbocycles. The summed E-state index contributed by atoms with van der Waals surface area (Å²) in [6.07, 6.45) is -0.937. The van der Waals surface area contributed by atoms with Crippen LogP contribution < -0.4 is 5.73 Å². The zero-order valence-electron chi connectivity index (χ0n) is 11.5. The number of hydrogen-bond acceptors (Lipinski definition) is 2. The molecule has 2 aromatic rings. The number of benzene rings is 2. The predicted octanol–water partition coefficient (Wildman–Crippen LogP) is 3.81. The van der Waals surface area contributed by atoms with Crippen molar-refractivity contribution in [3.63, 3.8) is 0 Å². The summed E-state index contributed by atoms with van der Waals surface area (Å²) in [6.45, 7) is 2.01. The lowest BCUT2D eigenvalue weighted by Crippen LogP contribution is -2.20. The largest absolute Gasteiger partial charge is 0.388 e. The zero-order valence-corrected chi connectivity index (χ0v) is 13.1. The quantitative estimate of drug-likeness (QED) is 0.875. The van der Waals surface area contributed by atoms with Crippen LogP contribution in [0.15, 0.2) is 40.9 Å². The first-order valence-electron chi connectivity index (χ1n) is 6.52. The first kappa shape index (κ1) is 16.1. The smallest absolute Gasteiger partial charge is 0.126 e. The topological polar surface area (TPSA) is 46.2 Å². The van der Waals surface area contributed by atoms with E-state index in [2.05, 4.69) is 15.9 Å². The monoisotopic (exact) mass is 355 g/mol. The van der Waals surface area contributed by atoms with Crippen LogP contribution in [0.25, 0.3) is 0 Å². The molecule has 0 aliphatic rings. The highest BCUT2D eigenvalue weighted by atomic mass is 79.9. The molecule has 2 unspecified atom stereocenters. The van der Waals surface area contributed by atoms with Crippen molar-refractivity contribution < 1.29 is 13.9 Å². The van der Waals surface area contributed by atoms with E-state index in [1.54, 1.807) is 12.1 Å². The Morgan fingerprint density at radius 2 is 1.71 bits per heavy atom. The van der Waals surface area contributed by atoms with E-state index in [0.717, 1.165) is 16.1 Å². The van der Waals surface area contributed by atoms with E-state index in [0.29, 0.717) is 11.1 Å². The van der Waals surface area contributed by atoms with E-state index in [1.807, 2.05) is 13.0 Å². The van der Waals surface area contributed by atoms with Crippen molar-refractivity contribution in [2.75, 3.05) is 6.54 Å². The van der Waals surface area contributed by atoms with Crippen LogP contribution in [-0.4, -0.2) is 11.7 Å². The van der Waals surface area contributed by atoms with Crippen molar-refractivity contribution in [1.29, 1.82) is 0 Å². The molecule has 0 aliphatic heterocycles. The predicted molar refractivity (Wildman–Crippen MR) is 82.0 cm³/mol. The summed E-state index contributed by atoms with van der Waals surface area (Å²) < 4.78 is 27.5. The van der Waals surface area contributed by atoms with Gasteiger partial charge in [-0.25, -0.2) is 8.78 Å². The Hall–Kier alpha value is -1.30. The molecular weight excluding hydrogens is 340 g/mol. The van der Waals surface area contributed by atoms with Gasteiger partial charge < -0.3 is 10.8 Å². The number of aliphatic hydroxyl groups is 1. The second kappa shape index (κ2) is 6.64. The molecule has 0 saturated heterocycles. The third kappa shape index (κ3) is 3.67. The van der Waals surface area contributed by atoms with E-state index in [9.17, 15) is 13.9 Å². The van der Waals surface area contributed by atoms with Crippen LogP contribution in [0.2, 0.25) is 0 Å². The van der Waals surface area contributed by atoms with Crippen molar-refractivity contribution in [1.82, 2.24) is 0 Å². The van der Waals surface area contributed by atoms with Gasteiger partial charge in [0, 0.05) is 23.0 Å². The third-order valence-corrected chi connectivity index (χ3v) is 4.34. The molecule has 112 valence electrons. The first-order valence-corrected chi connectivity index (χ1v) is 7.32. The zero-order chi connectivity index (χ0) is 15.6. The van der Waals surface area contributed by atoms with Crippen LogP contribution in [0, 0.1) is 18.6 Å². The molecule has 0 fully saturated rings. The summed E-state index contributed by atoms with van der Waals surface area (Å²) >= 11 is 3.40. The molecule has 0 radical (unpaired) electrons. The highest BCUT2D eigenvalue weighted by Gasteiger charge is 2.23. The Morgan fingerprint density at radius 1 is 1.10 bits per heavy atom. The van der Waals surface area contributed by atoms with Gasteiger partial charge in [-0.2, -0.15) is 0 Å². The molecule has 21 heavy (non-hydrogen) atoms. The van der Waals surface area contributed by atoms with Gasteiger partial charge in [-0.1, -0.05) is 28.1 Å². The minimum absolute atomic E-state index is 0.0789. The standard InChI is InChI=1S/C16H16BrF2NO/c1-9-2-3-10(6-15(9)17)16(21)14(8-20)11-4-12(18)7-13(19)5-11/h2-7,14,16,21H,8,20H2,1H3. The summed E-state index contributed by atoms with van der Waals surface area (Å²) in [5, 5.41) is 10.5. The number of hydrogen-bond donors (Lipinski definition) is 2. The van der Waals surface area contributed by atoms with Gasteiger partial charge in [-0.15, -0.1) is 0 Å². The van der Waals surface area contributed by atoms with Crippen molar-refractivity contribution in [3.8, 4) is 0 Å². The second-order valence-electron chi connectivity index (χ2n) is 5.00. The SMILES string of the molecule is Cc1ccc(C(O)C(CN)c2cc(F)cc(F)c2)cc1Br. The first-order chi connectivity index (χ1) is 9.92. The lowest BCUT2D eigenvalue weighted by molar-refractivity contribution is 0.147. The van der Waals surface area contributed by atoms with Crippen molar-refractivity contribution in [3.05, 3.63) is 69.2 Å². The van der Waals surface area contributed by atoms with E-state index in [4.69, 9.17) is 5.73 Å². The Balaban J connectivity index is 2.37. The number of rotatable bonds is 4. The Bertz CT molecular complexity index is 628. The van der Waals surface area contributed by atoms with E-state index < -0.39 is 23.7 Å². The van der Waals surface area contributed by atoms with Crippen LogP contribution in [0.4, 0.5) is 8.78 Å². The van der Waals surface area contributed by atoms with Gasteiger partial charge >= 0.3 is 0 Å². The molecule has 0 saturated carbocycles. The van der Waals surface area contributed by atoms with Crippen LogP contribution in [0.1, 0.15) is 28.7 Å². The van der Waals surface area contributed by atoms with Crippen LogP contribution in [0.3, 0.4) is 0 Å². The molecule has 5 heteroatoms. The molecule has 0 aliphatic carbocycles. The maximum atomic E-state index is 13.3. The van der Waals surface area contributed by atoms with E-state index in [-0.39, 0.29) is 6.54 Å². The summed E-state index contributed by atoms with van der Waals surface area (Å²) in [5.74, 6) is -1.94. The fourth-order valence-electron chi connectivity index (χ4n) is 2.26. The van der Waals surface area contributed by atoms with Crippen LogP contribution in [-0.2, 0) is 0 Å². The van der Waals surface area contributed by atoms with Gasteiger partial charge in [-0.3, -0.25) is 0 Å². The summed E-state index contributed by atoms with van der Waals surface area (Å²) in [6, 6.07) is 8.63. The normalized spacial score (nSPS) is 14.0. The van der Waals surface area contributed by atoms with Crippen molar-refractivity contribution in [2.24, 2.45) is 5.73 Å². The fourth-order valence-corrected chi connectivity index (χ4v) is 2.66. The molecule has 2 nitrogen and oxygen atoms in total. The summed E-state index contributed by atoms with van der Waals surface area (Å²) in [7, 11) is 0. The average Bonchev–Trinajstić information content (AvgIpc) is 2.41. The highest BCUT2D eigenvalue weighted by molar-refractivity contribution is 9.10. The molecule has 0 spiro atoms. The Kier molecular flexibility index (Phi) is 5.08. The molecule has 0 bridgehead atoms. The molecular formula is C16H16BrF2NO. The average molecular weight is 356 g/mol. The van der Waals surface area contributed by atoms with E-state index in [1.165, 1.54) is 12.1 Å². The number of halogens is 3. The third-order valence-electron chi connectivity index (χ3n) is 3.49. The Morgan fingerprint density at radius 3 is 2.24 bits per heavy atom. The molecule has 2 atom stereocenters. The summed E-state index contributed by atoms with van der Waals surface area (Å²) in [5.41, 5.74) is 7.72. The van der Waals surface area contributed by atoms with E-state index >= 15 is 0 Å². The maximum Gasteiger partial charge on any atom is 0.126 e. The van der Waals surface area contributed by atoms with Gasteiger partial charge in [0.15, 0.2) is 0 Å². The molecule has 0 aromatic heterocycles. The molecule has 2 rings (SSSR count). The van der Waals surface area contributed by atoms with Crippen molar-refractivity contribution >= 4 is 15.9 Å². The van der Waals surface area contributed by atoms with Gasteiger partial charge in [0.1, 0.15) is 11.6 Å². The van der Waals surface area contributed by atoms with Gasteiger partial charge in [0.05, 0.1) is 6.10 Å². The Labute approximate surface area is 130 Å². The fraction of sp³-hybridized carbons (Fsp3) is 0.250. The maximum absolute atomic E-state index is 13.3. The van der Waals surface area contributed by atoms with Gasteiger partial charge in [0.25, 0.3) is 0 Å². The second-order valence-corrected chi connectivity index (χ2v) is 5.85. The molecule has 0 heterocycles. The van der Waals surface area contributed by atoms with Gasteiger partial charge in [-0.05, 0) is 41.8 Å². The summed E-state index contributed by atoms with van der Waals surface area (Å²) in [4.78, 5) is 0. The van der Waals surface area contributed by atoms with Gasteiger partial charge in [0.2, 0.25) is 0 Å². The minimum atomic E-state index is -0.937. The van der Waals surface area contributed by atoms with Crippen LogP contribution in [0.5, 0.6) is 0 Å². The number of aliphatic hydroxyl groups excluding tert-OH is 1. The highest BCUT2D eigenvalue weighted by Crippen LogP contribution is 2.32. The minimum Gasteiger partial charge on any atom is -0.388 e. The van der Waals surface area contributed by atoms with Crippen molar-refractivity contribution in [2.45, 2.75) is 18.9 Å². The lowest BCUT2D eigenvalue weighted by atomic mass is 9.89. The molecule has 0 amide bonds.